The van der Waals surface area contributed by atoms with Crippen LogP contribution in [0.1, 0.15) is 6.42 Å². The number of hydrogen-bond acceptors (Lipinski definition) is 4. The Morgan fingerprint density at radius 2 is 1.10 bits per heavy atom. The molecule has 2 aliphatic carbocycles. The molecule has 0 unspecified atom stereocenters. The molecular weight excluding hydrogens is 368 g/mol. The number of rotatable bonds is 6. The number of fused-ring (bicyclic) bond motifs is 2. The van der Waals surface area contributed by atoms with Crippen molar-refractivity contribution in [1.82, 2.24) is 0 Å². The molecule has 0 heterocycles. The summed E-state index contributed by atoms with van der Waals surface area (Å²) in [5, 5.41) is 5.92. The Morgan fingerprint density at radius 3 is 1.45 bits per heavy atom. The fraction of sp³-hybridized carbons (Fsp3) is 0.304. The number of benzene rings is 2. The second-order valence-corrected chi connectivity index (χ2v) is 7.44. The Kier molecular flexibility index (Phi) is 5.25. The van der Waals surface area contributed by atoms with E-state index in [2.05, 4.69) is 22.8 Å². The first-order chi connectivity index (χ1) is 14.1. The second-order valence-electron chi connectivity index (χ2n) is 7.44. The van der Waals surface area contributed by atoms with E-state index >= 15 is 0 Å². The van der Waals surface area contributed by atoms with E-state index in [0.717, 1.165) is 17.9 Å². The Labute approximate surface area is 169 Å². The standard InChI is InChI=1S/C23H24N2O4/c1-28-18-9-5-16(6-10-18)24-22(26)20-14-3-4-15(13-14)21(20)23(27)25-17-7-11-19(29-2)12-8-17/h3-12,14-15,20-21H,13H2,1-2H3,(H,24,26)(H,25,27)/t14-,15-,20+,21+/m1/s1. The molecule has 4 atom stereocenters. The highest BCUT2D eigenvalue weighted by atomic mass is 16.5. The third-order valence-corrected chi connectivity index (χ3v) is 5.78. The van der Waals surface area contributed by atoms with Crippen LogP contribution in [0.3, 0.4) is 0 Å². The van der Waals surface area contributed by atoms with Gasteiger partial charge in [-0.1, -0.05) is 12.2 Å². The van der Waals surface area contributed by atoms with E-state index in [1.165, 1.54) is 0 Å². The zero-order chi connectivity index (χ0) is 20.4. The summed E-state index contributed by atoms with van der Waals surface area (Å²) in [5.74, 6) is 0.611. The predicted octanol–water partition coefficient (Wildman–Crippen LogP) is 3.72. The molecule has 2 aromatic carbocycles. The summed E-state index contributed by atoms with van der Waals surface area (Å²) in [7, 11) is 3.20. The van der Waals surface area contributed by atoms with E-state index in [1.807, 2.05) is 0 Å². The third kappa shape index (κ3) is 3.83. The summed E-state index contributed by atoms with van der Waals surface area (Å²) in [5.41, 5.74) is 1.38. The van der Waals surface area contributed by atoms with E-state index in [1.54, 1.807) is 62.8 Å². The number of anilines is 2. The minimum absolute atomic E-state index is 0.0878. The Morgan fingerprint density at radius 1 is 0.724 bits per heavy atom. The van der Waals surface area contributed by atoms with Crippen LogP contribution < -0.4 is 20.1 Å². The molecule has 6 nitrogen and oxygen atoms in total. The van der Waals surface area contributed by atoms with Crippen molar-refractivity contribution in [3.63, 3.8) is 0 Å². The van der Waals surface area contributed by atoms with Gasteiger partial charge in [-0.3, -0.25) is 9.59 Å². The first-order valence-electron chi connectivity index (χ1n) is 9.67. The molecule has 1 saturated carbocycles. The van der Waals surface area contributed by atoms with Gasteiger partial charge < -0.3 is 20.1 Å². The average Bonchev–Trinajstić information content (AvgIpc) is 3.36. The fourth-order valence-corrected chi connectivity index (χ4v) is 4.34. The molecule has 0 aromatic heterocycles. The van der Waals surface area contributed by atoms with Gasteiger partial charge in [0.2, 0.25) is 11.8 Å². The van der Waals surface area contributed by atoms with Gasteiger partial charge in [0.25, 0.3) is 0 Å². The molecular formula is C23H24N2O4. The topological polar surface area (TPSA) is 76.7 Å². The van der Waals surface area contributed by atoms with E-state index in [-0.39, 0.29) is 35.5 Å². The van der Waals surface area contributed by atoms with Gasteiger partial charge in [-0.05, 0) is 66.8 Å². The molecule has 0 aliphatic heterocycles. The Hall–Kier alpha value is -3.28. The molecule has 0 radical (unpaired) electrons. The van der Waals surface area contributed by atoms with Crippen molar-refractivity contribution in [2.75, 3.05) is 24.9 Å². The first-order valence-corrected chi connectivity index (χ1v) is 9.67. The number of amides is 2. The highest BCUT2D eigenvalue weighted by Gasteiger charge is 2.51. The van der Waals surface area contributed by atoms with Gasteiger partial charge >= 0.3 is 0 Å². The molecule has 2 N–H and O–H groups in total. The monoisotopic (exact) mass is 392 g/mol. The molecule has 29 heavy (non-hydrogen) atoms. The number of methoxy groups -OCH3 is 2. The Balaban J connectivity index is 1.48. The van der Waals surface area contributed by atoms with E-state index in [4.69, 9.17) is 9.47 Å². The minimum Gasteiger partial charge on any atom is -0.497 e. The molecule has 0 saturated heterocycles. The molecule has 1 fully saturated rings. The van der Waals surface area contributed by atoms with Crippen molar-refractivity contribution < 1.29 is 19.1 Å². The van der Waals surface area contributed by atoms with Crippen LogP contribution in [0.2, 0.25) is 0 Å². The van der Waals surface area contributed by atoms with E-state index < -0.39 is 0 Å². The van der Waals surface area contributed by atoms with Crippen molar-refractivity contribution >= 4 is 23.2 Å². The van der Waals surface area contributed by atoms with Crippen LogP contribution in [0.5, 0.6) is 11.5 Å². The quantitative estimate of drug-likeness (QED) is 0.735. The van der Waals surface area contributed by atoms with Crippen molar-refractivity contribution in [1.29, 1.82) is 0 Å². The number of hydrogen-bond donors (Lipinski definition) is 2. The number of carbonyl (C=O) groups is 2. The van der Waals surface area contributed by atoms with Crippen LogP contribution in [-0.2, 0) is 9.59 Å². The van der Waals surface area contributed by atoms with Gasteiger partial charge in [-0.15, -0.1) is 0 Å². The first kappa shape index (κ1) is 19.1. The zero-order valence-electron chi connectivity index (χ0n) is 16.4. The molecule has 6 heteroatoms. The normalized spacial score (nSPS) is 24.2. The molecule has 150 valence electrons. The predicted molar refractivity (Wildman–Crippen MR) is 111 cm³/mol. The van der Waals surface area contributed by atoms with Crippen molar-refractivity contribution in [3.05, 3.63) is 60.7 Å². The molecule has 0 spiro atoms. The number of nitrogens with one attached hydrogen (secondary N) is 2. The van der Waals surface area contributed by atoms with Crippen LogP contribution in [0, 0.1) is 23.7 Å². The largest absolute Gasteiger partial charge is 0.497 e. The summed E-state index contributed by atoms with van der Waals surface area (Å²) >= 11 is 0. The van der Waals surface area contributed by atoms with Crippen LogP contribution >= 0.6 is 0 Å². The molecule has 4 rings (SSSR count). The lowest BCUT2D eigenvalue weighted by Crippen LogP contribution is -2.39. The number of allylic oxidation sites excluding steroid dienone is 2. The summed E-state index contributed by atoms with van der Waals surface area (Å²) in [4.78, 5) is 26.1. The van der Waals surface area contributed by atoms with E-state index in [9.17, 15) is 9.59 Å². The van der Waals surface area contributed by atoms with Gasteiger partial charge in [0.05, 0.1) is 26.1 Å². The molecule has 2 aliphatic rings. The van der Waals surface area contributed by atoms with Gasteiger partial charge in [0, 0.05) is 11.4 Å². The van der Waals surface area contributed by atoms with Crippen LogP contribution in [-0.4, -0.2) is 26.0 Å². The second kappa shape index (κ2) is 7.99. The summed E-state index contributed by atoms with van der Waals surface area (Å²) in [6.07, 6.45) is 4.97. The van der Waals surface area contributed by atoms with E-state index in [0.29, 0.717) is 11.4 Å². The Bertz CT molecular complexity index is 845. The molecule has 2 aromatic rings. The summed E-state index contributed by atoms with van der Waals surface area (Å²) in [6.45, 7) is 0. The van der Waals surface area contributed by atoms with Gasteiger partial charge in [-0.2, -0.15) is 0 Å². The van der Waals surface area contributed by atoms with Gasteiger partial charge in [-0.25, -0.2) is 0 Å². The van der Waals surface area contributed by atoms with Crippen molar-refractivity contribution in [3.8, 4) is 11.5 Å². The number of carbonyl (C=O) groups excluding carboxylic acids is 2. The maximum Gasteiger partial charge on any atom is 0.228 e. The third-order valence-electron chi connectivity index (χ3n) is 5.78. The SMILES string of the molecule is COc1ccc(NC(=O)[C@@H]2[C@@H](C(=O)Nc3ccc(OC)cc3)[C@@H]3C=C[C@@H]2C3)cc1. The highest BCUT2D eigenvalue weighted by molar-refractivity contribution is 6.01. The molecule has 2 bridgehead atoms. The lowest BCUT2D eigenvalue weighted by Gasteiger charge is -2.26. The minimum atomic E-state index is -0.384. The van der Waals surface area contributed by atoms with Gasteiger partial charge in [0.15, 0.2) is 0 Å². The van der Waals surface area contributed by atoms with Gasteiger partial charge in [0.1, 0.15) is 11.5 Å². The molecule has 2 amide bonds. The smallest absolute Gasteiger partial charge is 0.228 e. The zero-order valence-corrected chi connectivity index (χ0v) is 16.4. The van der Waals surface area contributed by atoms with Crippen LogP contribution in [0.25, 0.3) is 0 Å². The maximum absolute atomic E-state index is 13.0. The van der Waals surface area contributed by atoms with Crippen LogP contribution in [0.4, 0.5) is 11.4 Å². The lowest BCUT2D eigenvalue weighted by molar-refractivity contribution is -0.129. The average molecular weight is 392 g/mol. The lowest BCUT2D eigenvalue weighted by atomic mass is 9.81. The maximum atomic E-state index is 13.0. The number of ether oxygens (including phenoxy) is 2. The highest BCUT2D eigenvalue weighted by Crippen LogP contribution is 2.48. The summed E-state index contributed by atoms with van der Waals surface area (Å²) in [6, 6.07) is 14.4. The summed E-state index contributed by atoms with van der Waals surface area (Å²) < 4.78 is 10.3. The van der Waals surface area contributed by atoms with Crippen molar-refractivity contribution in [2.45, 2.75) is 6.42 Å². The van der Waals surface area contributed by atoms with Crippen molar-refractivity contribution in [2.24, 2.45) is 23.7 Å². The van der Waals surface area contributed by atoms with Crippen LogP contribution in [0.15, 0.2) is 60.7 Å². The fourth-order valence-electron chi connectivity index (χ4n) is 4.34.